The number of hydrogen-bond acceptors (Lipinski definition) is 5. The van der Waals surface area contributed by atoms with Crippen molar-refractivity contribution in [1.29, 1.82) is 0 Å². The standard InChI is InChI=1S/C15H12N2O5/c1-6-3-4-8-12-9(15(21)17(22)14(8)20)5-10(19)13(11(6)12)16-7(2)18/h3-5,19,22H,1-2H3,(H,16,18). The van der Waals surface area contributed by atoms with E-state index in [0.717, 1.165) is 6.07 Å². The predicted octanol–water partition coefficient (Wildman–Crippen LogP) is 1.80. The highest BCUT2D eigenvalue weighted by molar-refractivity contribution is 6.27. The molecule has 0 spiro atoms. The molecule has 7 nitrogen and oxygen atoms in total. The smallest absolute Gasteiger partial charge is 0.285 e. The van der Waals surface area contributed by atoms with Gasteiger partial charge in [0.1, 0.15) is 5.75 Å². The normalized spacial score (nSPS) is 13.7. The fourth-order valence-corrected chi connectivity index (χ4v) is 2.69. The zero-order valence-corrected chi connectivity index (χ0v) is 11.8. The SMILES string of the molecule is CC(=O)Nc1c(O)cc2c3c(ccc(C)c13)C(=O)N(O)C2=O. The molecule has 0 atom stereocenters. The van der Waals surface area contributed by atoms with E-state index < -0.39 is 17.7 Å². The first kappa shape index (κ1) is 14.0. The molecule has 0 fully saturated rings. The van der Waals surface area contributed by atoms with Crippen LogP contribution in [0.2, 0.25) is 0 Å². The maximum absolute atomic E-state index is 12.1. The Morgan fingerprint density at radius 1 is 1.14 bits per heavy atom. The van der Waals surface area contributed by atoms with Gasteiger partial charge in [0, 0.05) is 17.7 Å². The van der Waals surface area contributed by atoms with E-state index in [2.05, 4.69) is 5.32 Å². The number of nitrogens with zero attached hydrogens (tertiary/aromatic N) is 1. The molecule has 0 unspecified atom stereocenters. The van der Waals surface area contributed by atoms with E-state index in [1.807, 2.05) is 0 Å². The van der Waals surface area contributed by atoms with Gasteiger partial charge in [0.2, 0.25) is 5.91 Å². The number of phenolic OH excluding ortho intramolecular Hbond substituents is 1. The molecule has 0 bridgehead atoms. The van der Waals surface area contributed by atoms with Gasteiger partial charge in [-0.05, 0) is 24.6 Å². The van der Waals surface area contributed by atoms with Crippen LogP contribution >= 0.6 is 0 Å². The summed E-state index contributed by atoms with van der Waals surface area (Å²) in [6.45, 7) is 3.02. The number of imide groups is 1. The van der Waals surface area contributed by atoms with Crippen molar-refractivity contribution in [3.63, 3.8) is 0 Å². The third-order valence-electron chi connectivity index (χ3n) is 3.62. The lowest BCUT2D eigenvalue weighted by atomic mass is 9.90. The molecule has 112 valence electrons. The molecule has 1 heterocycles. The minimum Gasteiger partial charge on any atom is -0.506 e. The van der Waals surface area contributed by atoms with Gasteiger partial charge in [-0.2, -0.15) is 0 Å². The summed E-state index contributed by atoms with van der Waals surface area (Å²) in [5, 5.41) is 23.0. The lowest BCUT2D eigenvalue weighted by molar-refractivity contribution is -0.114. The van der Waals surface area contributed by atoms with Crippen LogP contribution in [0, 0.1) is 6.92 Å². The molecule has 0 saturated carbocycles. The van der Waals surface area contributed by atoms with E-state index in [1.165, 1.54) is 13.0 Å². The number of anilines is 1. The minimum atomic E-state index is -0.919. The third kappa shape index (κ3) is 1.76. The van der Waals surface area contributed by atoms with Crippen LogP contribution in [0.5, 0.6) is 5.75 Å². The maximum atomic E-state index is 12.1. The Balaban J connectivity index is 2.50. The molecule has 0 aromatic heterocycles. The second-order valence-corrected chi connectivity index (χ2v) is 5.10. The largest absolute Gasteiger partial charge is 0.506 e. The summed E-state index contributed by atoms with van der Waals surface area (Å²) in [4.78, 5) is 35.5. The zero-order chi connectivity index (χ0) is 16.2. The van der Waals surface area contributed by atoms with E-state index in [1.54, 1.807) is 13.0 Å². The predicted molar refractivity (Wildman–Crippen MR) is 76.9 cm³/mol. The van der Waals surface area contributed by atoms with Gasteiger partial charge in [-0.3, -0.25) is 19.6 Å². The Morgan fingerprint density at radius 3 is 2.41 bits per heavy atom. The summed E-state index contributed by atoms with van der Waals surface area (Å²) in [6, 6.07) is 4.25. The number of aromatic hydroxyl groups is 1. The number of benzene rings is 2. The number of amides is 3. The summed E-state index contributed by atoms with van der Waals surface area (Å²) in [5.41, 5.74) is 0.941. The Labute approximate surface area is 124 Å². The molecule has 1 aliphatic rings. The topological polar surface area (TPSA) is 107 Å². The Hall–Kier alpha value is -2.93. The van der Waals surface area contributed by atoms with Crippen molar-refractivity contribution < 1.29 is 24.7 Å². The number of phenols is 1. The quantitative estimate of drug-likeness (QED) is 0.423. The van der Waals surface area contributed by atoms with Crippen LogP contribution < -0.4 is 5.32 Å². The zero-order valence-electron chi connectivity index (χ0n) is 11.8. The molecule has 7 heteroatoms. The van der Waals surface area contributed by atoms with Crippen LogP contribution in [0.4, 0.5) is 5.69 Å². The summed E-state index contributed by atoms with van der Waals surface area (Å²) in [5.74, 6) is -2.47. The van der Waals surface area contributed by atoms with Crippen molar-refractivity contribution in [2.75, 3.05) is 5.32 Å². The number of carbonyl (C=O) groups is 3. The van der Waals surface area contributed by atoms with Crippen LogP contribution in [0.25, 0.3) is 10.8 Å². The van der Waals surface area contributed by atoms with Crippen molar-refractivity contribution in [3.8, 4) is 5.75 Å². The van der Waals surface area contributed by atoms with Gasteiger partial charge < -0.3 is 10.4 Å². The Morgan fingerprint density at radius 2 is 1.77 bits per heavy atom. The van der Waals surface area contributed by atoms with Gasteiger partial charge in [-0.1, -0.05) is 6.07 Å². The van der Waals surface area contributed by atoms with Gasteiger partial charge >= 0.3 is 0 Å². The molecular formula is C15H12N2O5. The van der Waals surface area contributed by atoms with Gasteiger partial charge in [0.05, 0.1) is 16.8 Å². The molecule has 2 aromatic carbocycles. The summed E-state index contributed by atoms with van der Waals surface area (Å²) in [7, 11) is 0. The summed E-state index contributed by atoms with van der Waals surface area (Å²) >= 11 is 0. The molecule has 0 aliphatic carbocycles. The fourth-order valence-electron chi connectivity index (χ4n) is 2.69. The first-order valence-corrected chi connectivity index (χ1v) is 6.47. The van der Waals surface area contributed by atoms with Gasteiger partial charge in [0.25, 0.3) is 11.8 Å². The average Bonchev–Trinajstić information content (AvgIpc) is 2.46. The van der Waals surface area contributed by atoms with E-state index in [-0.39, 0.29) is 27.6 Å². The second kappa shape index (κ2) is 4.54. The number of carbonyl (C=O) groups excluding carboxylic acids is 3. The van der Waals surface area contributed by atoms with E-state index in [4.69, 9.17) is 0 Å². The summed E-state index contributed by atoms with van der Waals surface area (Å²) in [6.07, 6.45) is 0. The summed E-state index contributed by atoms with van der Waals surface area (Å²) < 4.78 is 0. The molecule has 1 aliphatic heterocycles. The van der Waals surface area contributed by atoms with Gasteiger partial charge in [0.15, 0.2) is 0 Å². The van der Waals surface area contributed by atoms with Crippen molar-refractivity contribution >= 4 is 34.2 Å². The van der Waals surface area contributed by atoms with Crippen molar-refractivity contribution in [2.24, 2.45) is 0 Å². The number of hydrogen-bond donors (Lipinski definition) is 3. The van der Waals surface area contributed by atoms with Crippen LogP contribution in [-0.4, -0.2) is 33.1 Å². The van der Waals surface area contributed by atoms with E-state index >= 15 is 0 Å². The maximum Gasteiger partial charge on any atom is 0.285 e. The van der Waals surface area contributed by atoms with Crippen LogP contribution in [0.1, 0.15) is 33.2 Å². The second-order valence-electron chi connectivity index (χ2n) is 5.10. The number of nitrogens with one attached hydrogen (secondary N) is 1. The molecule has 0 saturated heterocycles. The molecule has 0 radical (unpaired) electrons. The first-order chi connectivity index (χ1) is 10.3. The lowest BCUT2D eigenvalue weighted by Crippen LogP contribution is -2.37. The highest BCUT2D eigenvalue weighted by atomic mass is 16.5. The number of aryl methyl sites for hydroxylation is 1. The Bertz CT molecular complexity index is 872. The number of rotatable bonds is 1. The van der Waals surface area contributed by atoms with E-state index in [0.29, 0.717) is 16.3 Å². The van der Waals surface area contributed by atoms with Gasteiger partial charge in [-0.15, -0.1) is 5.06 Å². The first-order valence-electron chi connectivity index (χ1n) is 6.47. The monoisotopic (exact) mass is 300 g/mol. The Kier molecular flexibility index (Phi) is 2.89. The van der Waals surface area contributed by atoms with Crippen LogP contribution in [0.3, 0.4) is 0 Å². The van der Waals surface area contributed by atoms with Crippen LogP contribution in [0.15, 0.2) is 18.2 Å². The highest BCUT2D eigenvalue weighted by Crippen LogP contribution is 2.41. The highest BCUT2D eigenvalue weighted by Gasteiger charge is 2.34. The molecule has 22 heavy (non-hydrogen) atoms. The minimum absolute atomic E-state index is 0.00222. The average molecular weight is 300 g/mol. The lowest BCUT2D eigenvalue weighted by Gasteiger charge is -2.24. The molecule has 3 amide bonds. The molecule has 3 N–H and O–H groups in total. The van der Waals surface area contributed by atoms with Crippen molar-refractivity contribution in [1.82, 2.24) is 5.06 Å². The molecular weight excluding hydrogens is 288 g/mol. The molecule has 2 aromatic rings. The third-order valence-corrected chi connectivity index (χ3v) is 3.62. The van der Waals surface area contributed by atoms with Crippen molar-refractivity contribution in [2.45, 2.75) is 13.8 Å². The van der Waals surface area contributed by atoms with Crippen LogP contribution in [-0.2, 0) is 4.79 Å². The molecule has 3 rings (SSSR count). The van der Waals surface area contributed by atoms with Crippen molar-refractivity contribution in [3.05, 3.63) is 34.9 Å². The number of hydroxylamine groups is 2. The van der Waals surface area contributed by atoms with E-state index in [9.17, 15) is 24.7 Å². The van der Waals surface area contributed by atoms with Gasteiger partial charge in [-0.25, -0.2) is 0 Å². The fraction of sp³-hybridized carbons (Fsp3) is 0.133.